The summed E-state index contributed by atoms with van der Waals surface area (Å²) in [5.74, 6) is -0.270. The average Bonchev–Trinajstić information content (AvgIpc) is 2.99. The minimum Gasteiger partial charge on any atom is -0.468 e. The molecule has 0 fully saturated rings. The number of thiophene rings is 1. The lowest BCUT2D eigenvalue weighted by Gasteiger charge is -2.21. The molecule has 2 rings (SSSR count). The summed E-state index contributed by atoms with van der Waals surface area (Å²) in [5.41, 5.74) is 2.09. The summed E-state index contributed by atoms with van der Waals surface area (Å²) >= 11 is 1.65. The highest BCUT2D eigenvalue weighted by atomic mass is 32.1. The first kappa shape index (κ1) is 13.8. The van der Waals surface area contributed by atoms with Crippen LogP contribution in [0.5, 0.6) is 0 Å². The Morgan fingerprint density at radius 3 is 2.53 bits per heavy atom. The molecule has 1 N–H and O–H groups in total. The van der Waals surface area contributed by atoms with Crippen molar-refractivity contribution in [3.05, 3.63) is 58.3 Å². The van der Waals surface area contributed by atoms with Crippen LogP contribution < -0.4 is 5.32 Å². The number of carbonyl (C=O) groups is 1. The van der Waals surface area contributed by atoms with E-state index in [1.54, 1.807) is 11.3 Å². The maximum absolute atomic E-state index is 11.9. The van der Waals surface area contributed by atoms with Crippen LogP contribution in [0.15, 0.2) is 47.2 Å². The van der Waals surface area contributed by atoms with E-state index in [1.807, 2.05) is 42.6 Å². The summed E-state index contributed by atoms with van der Waals surface area (Å²) in [6.45, 7) is 2.04. The van der Waals surface area contributed by atoms with Crippen LogP contribution in [0.4, 0.5) is 0 Å². The normalized spacial score (nSPS) is 13.8. The molecule has 0 amide bonds. The zero-order valence-corrected chi connectivity index (χ0v) is 11.8. The first-order valence-electron chi connectivity index (χ1n) is 6.13. The van der Waals surface area contributed by atoms with Gasteiger partial charge in [-0.3, -0.25) is 5.32 Å². The molecule has 2 aromatic rings. The number of methoxy groups -OCH3 is 1. The highest BCUT2D eigenvalue weighted by Gasteiger charge is 2.23. The van der Waals surface area contributed by atoms with Gasteiger partial charge in [0, 0.05) is 6.04 Å². The van der Waals surface area contributed by atoms with Crippen molar-refractivity contribution < 1.29 is 9.53 Å². The van der Waals surface area contributed by atoms with E-state index in [1.165, 1.54) is 12.7 Å². The fourth-order valence-electron chi connectivity index (χ4n) is 1.93. The third kappa shape index (κ3) is 3.43. The largest absolute Gasteiger partial charge is 0.468 e. The van der Waals surface area contributed by atoms with E-state index in [9.17, 15) is 4.79 Å². The van der Waals surface area contributed by atoms with Gasteiger partial charge in [0.25, 0.3) is 0 Å². The van der Waals surface area contributed by atoms with E-state index in [2.05, 4.69) is 16.8 Å². The molecule has 100 valence electrons. The van der Waals surface area contributed by atoms with Crippen LogP contribution in [0.3, 0.4) is 0 Å². The standard InChI is InChI=1S/C15H17NO2S/c1-11(13-8-9-19-10-13)16-14(15(17)18-2)12-6-4-3-5-7-12/h3-11,14,16H,1-2H3. The van der Waals surface area contributed by atoms with Crippen molar-refractivity contribution in [2.45, 2.75) is 19.0 Å². The van der Waals surface area contributed by atoms with Gasteiger partial charge in [-0.15, -0.1) is 0 Å². The quantitative estimate of drug-likeness (QED) is 0.851. The molecule has 1 heterocycles. The van der Waals surface area contributed by atoms with Crippen molar-refractivity contribution in [3.8, 4) is 0 Å². The summed E-state index contributed by atoms with van der Waals surface area (Å²) in [6.07, 6.45) is 0. The minimum absolute atomic E-state index is 0.0931. The molecule has 0 saturated carbocycles. The molecule has 0 radical (unpaired) electrons. The Balaban J connectivity index is 2.17. The average molecular weight is 275 g/mol. The van der Waals surface area contributed by atoms with Gasteiger partial charge in [-0.05, 0) is 34.9 Å². The maximum Gasteiger partial charge on any atom is 0.327 e. The van der Waals surface area contributed by atoms with E-state index in [0.29, 0.717) is 0 Å². The maximum atomic E-state index is 11.9. The first-order valence-corrected chi connectivity index (χ1v) is 7.07. The van der Waals surface area contributed by atoms with Gasteiger partial charge in [-0.2, -0.15) is 11.3 Å². The van der Waals surface area contributed by atoms with Crippen LogP contribution in [-0.2, 0) is 9.53 Å². The molecule has 3 nitrogen and oxygen atoms in total. The predicted octanol–water partition coefficient (Wildman–Crippen LogP) is 3.31. The Labute approximate surface area is 117 Å². The number of benzene rings is 1. The molecule has 0 bridgehead atoms. The number of ether oxygens (including phenoxy) is 1. The second-order valence-corrected chi connectivity index (χ2v) is 5.09. The van der Waals surface area contributed by atoms with E-state index < -0.39 is 6.04 Å². The molecule has 0 aliphatic rings. The van der Waals surface area contributed by atoms with Gasteiger partial charge in [0.15, 0.2) is 0 Å². The van der Waals surface area contributed by atoms with Crippen LogP contribution in [0.25, 0.3) is 0 Å². The zero-order valence-electron chi connectivity index (χ0n) is 11.0. The van der Waals surface area contributed by atoms with Crippen LogP contribution in [0.1, 0.15) is 30.1 Å². The van der Waals surface area contributed by atoms with Crippen LogP contribution in [-0.4, -0.2) is 13.1 Å². The molecule has 2 unspecified atom stereocenters. The second-order valence-electron chi connectivity index (χ2n) is 4.31. The topological polar surface area (TPSA) is 38.3 Å². The van der Waals surface area contributed by atoms with Crippen LogP contribution in [0, 0.1) is 0 Å². The number of hydrogen-bond donors (Lipinski definition) is 1. The monoisotopic (exact) mass is 275 g/mol. The van der Waals surface area contributed by atoms with E-state index >= 15 is 0 Å². The molecule has 0 saturated heterocycles. The molecule has 2 atom stereocenters. The van der Waals surface area contributed by atoms with Crippen LogP contribution in [0.2, 0.25) is 0 Å². The lowest BCUT2D eigenvalue weighted by molar-refractivity contribution is -0.143. The lowest BCUT2D eigenvalue weighted by atomic mass is 10.0. The molecule has 0 aliphatic heterocycles. The van der Waals surface area contributed by atoms with Crippen molar-refractivity contribution in [1.82, 2.24) is 5.32 Å². The summed E-state index contributed by atoms with van der Waals surface area (Å²) in [7, 11) is 1.41. The lowest BCUT2D eigenvalue weighted by Crippen LogP contribution is -2.31. The number of esters is 1. The smallest absolute Gasteiger partial charge is 0.327 e. The van der Waals surface area contributed by atoms with Gasteiger partial charge in [0.1, 0.15) is 6.04 Å². The molecule has 1 aromatic carbocycles. The van der Waals surface area contributed by atoms with Crippen molar-refractivity contribution in [3.63, 3.8) is 0 Å². The Morgan fingerprint density at radius 1 is 1.21 bits per heavy atom. The summed E-state index contributed by atoms with van der Waals surface area (Å²) in [5, 5.41) is 7.43. The van der Waals surface area contributed by atoms with Crippen molar-refractivity contribution in [2.24, 2.45) is 0 Å². The highest BCUT2D eigenvalue weighted by molar-refractivity contribution is 7.07. The molecule has 0 spiro atoms. The number of carbonyl (C=O) groups excluding carboxylic acids is 1. The fourth-order valence-corrected chi connectivity index (χ4v) is 2.69. The Hall–Kier alpha value is -1.65. The van der Waals surface area contributed by atoms with Gasteiger partial charge in [0.2, 0.25) is 0 Å². The first-order chi connectivity index (χ1) is 9.22. The molecule has 19 heavy (non-hydrogen) atoms. The fraction of sp³-hybridized carbons (Fsp3) is 0.267. The summed E-state index contributed by atoms with van der Waals surface area (Å²) in [6, 6.07) is 11.3. The minimum atomic E-state index is -0.443. The number of hydrogen-bond acceptors (Lipinski definition) is 4. The molecule has 1 aromatic heterocycles. The Kier molecular flexibility index (Phi) is 4.71. The third-order valence-electron chi connectivity index (χ3n) is 3.03. The van der Waals surface area contributed by atoms with Gasteiger partial charge in [0.05, 0.1) is 7.11 Å². The van der Waals surface area contributed by atoms with Crippen LogP contribution >= 0.6 is 11.3 Å². The Bertz CT molecular complexity index is 510. The van der Waals surface area contributed by atoms with Crippen molar-refractivity contribution in [1.29, 1.82) is 0 Å². The summed E-state index contributed by atoms with van der Waals surface area (Å²) < 4.78 is 4.89. The van der Waals surface area contributed by atoms with Gasteiger partial charge in [-0.25, -0.2) is 4.79 Å². The van der Waals surface area contributed by atoms with Gasteiger partial charge < -0.3 is 4.74 Å². The number of rotatable bonds is 5. The second kappa shape index (κ2) is 6.50. The molecular formula is C15H17NO2S. The van der Waals surface area contributed by atoms with Gasteiger partial charge >= 0.3 is 5.97 Å². The summed E-state index contributed by atoms with van der Waals surface area (Å²) in [4.78, 5) is 11.9. The zero-order chi connectivity index (χ0) is 13.7. The number of nitrogens with one attached hydrogen (secondary N) is 1. The van der Waals surface area contributed by atoms with Gasteiger partial charge in [-0.1, -0.05) is 30.3 Å². The molecular weight excluding hydrogens is 258 g/mol. The molecule has 0 aliphatic carbocycles. The van der Waals surface area contributed by atoms with E-state index in [-0.39, 0.29) is 12.0 Å². The predicted molar refractivity (Wildman–Crippen MR) is 77.1 cm³/mol. The van der Waals surface area contributed by atoms with Crippen molar-refractivity contribution >= 4 is 17.3 Å². The van der Waals surface area contributed by atoms with E-state index in [0.717, 1.165) is 5.56 Å². The van der Waals surface area contributed by atoms with Crippen molar-refractivity contribution in [2.75, 3.05) is 7.11 Å². The Morgan fingerprint density at radius 2 is 1.95 bits per heavy atom. The highest BCUT2D eigenvalue weighted by Crippen LogP contribution is 2.22. The third-order valence-corrected chi connectivity index (χ3v) is 3.73. The van der Waals surface area contributed by atoms with E-state index in [4.69, 9.17) is 4.74 Å². The SMILES string of the molecule is COC(=O)C(NC(C)c1ccsc1)c1ccccc1. The molecule has 4 heteroatoms.